The molecule has 37 heavy (non-hydrogen) atoms. The molecular weight excluding hydrogens is 468 g/mol. The fourth-order valence-electron chi connectivity index (χ4n) is 4.18. The fourth-order valence-corrected chi connectivity index (χ4v) is 4.18. The zero-order valence-electron chi connectivity index (χ0n) is 20.3. The van der Waals surface area contributed by atoms with Gasteiger partial charge in [-0.15, -0.1) is 0 Å². The second-order valence-corrected chi connectivity index (χ2v) is 8.74. The smallest absolute Gasteiger partial charge is 0.342 e. The first-order valence-electron chi connectivity index (χ1n) is 11.8. The van der Waals surface area contributed by atoms with Gasteiger partial charge >= 0.3 is 11.9 Å². The van der Waals surface area contributed by atoms with Crippen LogP contribution in [0.15, 0.2) is 84.9 Å². The molecular formula is C30H24N2O5. The Kier molecular flexibility index (Phi) is 6.51. The number of aromatic carboxylic acids is 1. The van der Waals surface area contributed by atoms with E-state index in [2.05, 4.69) is 9.97 Å². The molecule has 1 N–H and O–H groups in total. The number of esters is 1. The molecule has 184 valence electrons. The van der Waals surface area contributed by atoms with Gasteiger partial charge in [0.25, 0.3) is 0 Å². The normalized spacial score (nSPS) is 11.8. The number of hydrogen-bond acceptors (Lipinski definition) is 6. The number of para-hydroxylation sites is 2. The second-order valence-electron chi connectivity index (χ2n) is 8.74. The average Bonchev–Trinajstić information content (AvgIpc) is 2.90. The number of aryl methyl sites for hydroxylation is 1. The van der Waals surface area contributed by atoms with Gasteiger partial charge in [-0.25, -0.2) is 19.6 Å². The molecule has 5 aromatic rings. The standard InChI is InChI=1S/C30H24N2O5/c1-18-14-15-22(26(16-18)36-17-20-8-4-3-5-9-20)30(35)37-19(2)21-10-6-12-24-27(21)31-25-13-7-11-23(29(33)34)28(25)32-24/h3-16,19H,17H2,1-2H3,(H,33,34). The summed E-state index contributed by atoms with van der Waals surface area (Å²) in [6, 6.07) is 25.3. The highest BCUT2D eigenvalue weighted by atomic mass is 16.5. The van der Waals surface area contributed by atoms with Crippen LogP contribution in [0.3, 0.4) is 0 Å². The Morgan fingerprint density at radius 3 is 2.30 bits per heavy atom. The molecule has 0 saturated heterocycles. The quantitative estimate of drug-likeness (QED) is 0.211. The third kappa shape index (κ3) is 4.97. The molecule has 1 aromatic heterocycles. The maximum atomic E-state index is 13.2. The Labute approximate surface area is 213 Å². The molecule has 1 heterocycles. The van der Waals surface area contributed by atoms with Gasteiger partial charge in [-0.1, -0.05) is 54.6 Å². The lowest BCUT2D eigenvalue weighted by Crippen LogP contribution is -2.12. The van der Waals surface area contributed by atoms with Crippen molar-refractivity contribution in [3.8, 4) is 5.75 Å². The van der Waals surface area contributed by atoms with Crippen molar-refractivity contribution in [3.05, 3.63) is 113 Å². The fraction of sp³-hybridized carbons (Fsp3) is 0.133. The lowest BCUT2D eigenvalue weighted by molar-refractivity contribution is 0.0335. The van der Waals surface area contributed by atoms with Crippen LogP contribution in [0.1, 0.15) is 50.4 Å². The highest BCUT2D eigenvalue weighted by Gasteiger charge is 2.21. The third-order valence-electron chi connectivity index (χ3n) is 6.07. The number of nitrogens with zero attached hydrogens (tertiary/aromatic N) is 2. The first-order valence-corrected chi connectivity index (χ1v) is 11.8. The van der Waals surface area contributed by atoms with Gasteiger partial charge in [-0.05, 0) is 55.3 Å². The number of hydrogen-bond donors (Lipinski definition) is 1. The van der Waals surface area contributed by atoms with E-state index in [1.54, 1.807) is 37.3 Å². The number of ether oxygens (including phenoxy) is 2. The average molecular weight is 493 g/mol. The van der Waals surface area contributed by atoms with Gasteiger partial charge in [0.2, 0.25) is 0 Å². The minimum atomic E-state index is -1.07. The highest BCUT2D eigenvalue weighted by molar-refractivity contribution is 6.02. The number of fused-ring (bicyclic) bond motifs is 2. The van der Waals surface area contributed by atoms with E-state index in [-0.39, 0.29) is 5.56 Å². The molecule has 0 radical (unpaired) electrons. The van der Waals surface area contributed by atoms with Gasteiger partial charge in [-0.3, -0.25) is 0 Å². The van der Waals surface area contributed by atoms with E-state index in [4.69, 9.17) is 9.47 Å². The van der Waals surface area contributed by atoms with E-state index in [1.165, 1.54) is 6.07 Å². The molecule has 0 spiro atoms. The first kappa shape index (κ1) is 23.9. The lowest BCUT2D eigenvalue weighted by Gasteiger charge is -2.17. The topological polar surface area (TPSA) is 98.6 Å². The summed E-state index contributed by atoms with van der Waals surface area (Å²) in [6.07, 6.45) is -0.645. The van der Waals surface area contributed by atoms with Gasteiger partial charge in [-0.2, -0.15) is 0 Å². The van der Waals surface area contributed by atoms with E-state index in [0.29, 0.717) is 45.6 Å². The van der Waals surface area contributed by atoms with Crippen LogP contribution < -0.4 is 4.74 Å². The van der Waals surface area contributed by atoms with Crippen molar-refractivity contribution in [1.82, 2.24) is 9.97 Å². The van der Waals surface area contributed by atoms with Gasteiger partial charge in [0.1, 0.15) is 29.5 Å². The predicted octanol–water partition coefficient (Wildman–Crippen LogP) is 6.29. The van der Waals surface area contributed by atoms with E-state index in [1.807, 2.05) is 55.5 Å². The molecule has 0 aliphatic heterocycles. The van der Waals surface area contributed by atoms with E-state index >= 15 is 0 Å². The van der Waals surface area contributed by atoms with Crippen molar-refractivity contribution in [1.29, 1.82) is 0 Å². The van der Waals surface area contributed by atoms with Gasteiger partial charge < -0.3 is 14.6 Å². The Hall–Kier alpha value is -4.78. The number of aromatic nitrogens is 2. The summed E-state index contributed by atoms with van der Waals surface area (Å²) in [5.74, 6) is -1.14. The molecule has 4 aromatic carbocycles. The molecule has 0 aliphatic carbocycles. The zero-order chi connectivity index (χ0) is 25.9. The van der Waals surface area contributed by atoms with Crippen LogP contribution in [0.4, 0.5) is 0 Å². The van der Waals surface area contributed by atoms with Crippen LogP contribution in [0, 0.1) is 6.92 Å². The summed E-state index contributed by atoms with van der Waals surface area (Å²) in [7, 11) is 0. The van der Waals surface area contributed by atoms with Crippen LogP contribution in [0.2, 0.25) is 0 Å². The molecule has 0 saturated carbocycles. The molecule has 0 bridgehead atoms. The Morgan fingerprint density at radius 2 is 1.54 bits per heavy atom. The minimum Gasteiger partial charge on any atom is -0.488 e. The number of carboxylic acid groups (broad SMARTS) is 1. The third-order valence-corrected chi connectivity index (χ3v) is 6.07. The van der Waals surface area contributed by atoms with Crippen molar-refractivity contribution in [3.63, 3.8) is 0 Å². The lowest BCUT2D eigenvalue weighted by atomic mass is 10.1. The van der Waals surface area contributed by atoms with Gasteiger partial charge in [0.15, 0.2) is 0 Å². The molecule has 0 fully saturated rings. The summed E-state index contributed by atoms with van der Waals surface area (Å²) in [5, 5.41) is 9.51. The molecule has 1 unspecified atom stereocenters. The monoisotopic (exact) mass is 492 g/mol. The van der Waals surface area contributed by atoms with Crippen molar-refractivity contribution < 1.29 is 24.2 Å². The summed E-state index contributed by atoms with van der Waals surface area (Å²) in [6.45, 7) is 4.03. The van der Waals surface area contributed by atoms with E-state index in [9.17, 15) is 14.7 Å². The molecule has 1 atom stereocenters. The maximum Gasteiger partial charge on any atom is 0.342 e. The van der Waals surface area contributed by atoms with Gasteiger partial charge in [0.05, 0.1) is 22.1 Å². The summed E-state index contributed by atoms with van der Waals surface area (Å²) in [4.78, 5) is 34.1. The molecule has 7 heteroatoms. The van der Waals surface area contributed by atoms with Gasteiger partial charge in [0, 0.05) is 5.56 Å². The maximum absolute atomic E-state index is 13.2. The van der Waals surface area contributed by atoms with Crippen molar-refractivity contribution in [2.75, 3.05) is 0 Å². The summed E-state index contributed by atoms with van der Waals surface area (Å²) in [5.41, 5.74) is 4.85. The van der Waals surface area contributed by atoms with E-state index in [0.717, 1.165) is 11.1 Å². The van der Waals surface area contributed by atoms with Crippen LogP contribution in [-0.2, 0) is 11.3 Å². The number of rotatable bonds is 7. The Morgan fingerprint density at radius 1 is 0.838 bits per heavy atom. The highest BCUT2D eigenvalue weighted by Crippen LogP contribution is 2.30. The molecule has 5 rings (SSSR count). The Bertz CT molecular complexity index is 1630. The zero-order valence-corrected chi connectivity index (χ0v) is 20.3. The summed E-state index contributed by atoms with van der Waals surface area (Å²) < 4.78 is 11.8. The first-order chi connectivity index (χ1) is 17.9. The van der Waals surface area contributed by atoms with Crippen molar-refractivity contribution in [2.24, 2.45) is 0 Å². The Balaban J connectivity index is 1.44. The molecule has 0 amide bonds. The number of benzene rings is 4. The van der Waals surface area contributed by atoms with Crippen molar-refractivity contribution in [2.45, 2.75) is 26.6 Å². The number of carbonyl (C=O) groups excluding carboxylic acids is 1. The minimum absolute atomic E-state index is 0.0826. The SMILES string of the molecule is Cc1ccc(C(=O)OC(C)c2cccc3nc4c(C(=O)O)cccc4nc23)c(OCc2ccccc2)c1. The van der Waals surface area contributed by atoms with Crippen LogP contribution in [0.5, 0.6) is 5.75 Å². The molecule has 0 aliphatic rings. The van der Waals surface area contributed by atoms with Crippen LogP contribution in [0.25, 0.3) is 22.1 Å². The summed E-state index contributed by atoms with van der Waals surface area (Å²) >= 11 is 0. The van der Waals surface area contributed by atoms with E-state index < -0.39 is 18.0 Å². The second kappa shape index (κ2) is 10.1. The number of carboxylic acids is 1. The predicted molar refractivity (Wildman–Crippen MR) is 140 cm³/mol. The van der Waals surface area contributed by atoms with Crippen LogP contribution in [-0.4, -0.2) is 27.0 Å². The van der Waals surface area contributed by atoms with Crippen molar-refractivity contribution >= 4 is 34.0 Å². The number of carbonyl (C=O) groups is 2. The largest absolute Gasteiger partial charge is 0.488 e. The van der Waals surface area contributed by atoms with Crippen LogP contribution >= 0.6 is 0 Å². The molecule has 7 nitrogen and oxygen atoms in total.